The van der Waals surface area contributed by atoms with Gasteiger partial charge in [0, 0.05) is 43.0 Å². The highest BCUT2D eigenvalue weighted by molar-refractivity contribution is 5.95. The molecule has 15 heteroatoms. The summed E-state index contributed by atoms with van der Waals surface area (Å²) >= 11 is 0. The van der Waals surface area contributed by atoms with Crippen molar-refractivity contribution in [2.45, 2.75) is 31.8 Å². The molecule has 0 amide bonds. The fraction of sp³-hybridized carbons (Fsp3) is 0.276. The summed E-state index contributed by atoms with van der Waals surface area (Å²) in [4.78, 5) is 22.1. The largest absolute Gasteiger partial charge is 0.504 e. The van der Waals surface area contributed by atoms with Crippen LogP contribution in [0.4, 0.5) is 20.2 Å². The highest BCUT2D eigenvalue weighted by Gasteiger charge is 2.35. The van der Waals surface area contributed by atoms with E-state index in [4.69, 9.17) is 36.6 Å². The Kier molecular flexibility index (Phi) is 9.95. The van der Waals surface area contributed by atoms with Crippen LogP contribution in [-0.4, -0.2) is 65.2 Å². The molecule has 0 saturated carbocycles. The number of hydroxylamine groups is 2. The van der Waals surface area contributed by atoms with Gasteiger partial charge < -0.3 is 36.3 Å². The molecule has 0 radical (unpaired) electrons. The number of guanidine groups is 1. The highest BCUT2D eigenvalue weighted by Crippen LogP contribution is 2.41. The van der Waals surface area contributed by atoms with Crippen molar-refractivity contribution in [1.82, 2.24) is 10.0 Å². The van der Waals surface area contributed by atoms with E-state index in [2.05, 4.69) is 10.3 Å². The molecule has 44 heavy (non-hydrogen) atoms. The SMILES string of the molecule is CCON1CCC(N(C)c2c(F)c(Oc3cccc(NC(=N)N)c3)nc(Oc3cc(C(=N)N)ccc3O)c2F)CC1C=C=O. The Hall–Kier alpha value is -5.24. The van der Waals surface area contributed by atoms with E-state index in [0.29, 0.717) is 25.3 Å². The summed E-state index contributed by atoms with van der Waals surface area (Å²) in [6, 6.07) is 8.90. The third-order valence-electron chi connectivity index (χ3n) is 6.82. The van der Waals surface area contributed by atoms with Crippen molar-refractivity contribution in [3.05, 3.63) is 65.7 Å². The molecule has 1 aliphatic rings. The normalized spacial score (nSPS) is 16.5. The predicted octanol–water partition coefficient (Wildman–Crippen LogP) is 3.85. The van der Waals surface area contributed by atoms with Gasteiger partial charge in [0.15, 0.2) is 17.5 Å². The van der Waals surface area contributed by atoms with Crippen molar-refractivity contribution in [3.63, 3.8) is 0 Å². The van der Waals surface area contributed by atoms with Crippen molar-refractivity contribution < 1.29 is 33.0 Å². The number of carbonyl (C=O) groups excluding carboxylic acids is 1. The number of aromatic nitrogens is 1. The number of pyridine rings is 1. The second-order valence-corrected chi connectivity index (χ2v) is 9.76. The number of nitrogen functional groups attached to an aromatic ring is 1. The lowest BCUT2D eigenvalue weighted by atomic mass is 9.97. The number of nitrogens with two attached hydrogens (primary N) is 2. The number of aromatic hydroxyl groups is 1. The van der Waals surface area contributed by atoms with Crippen LogP contribution in [0.2, 0.25) is 0 Å². The van der Waals surface area contributed by atoms with E-state index < -0.39 is 46.9 Å². The number of piperidine rings is 1. The molecule has 1 saturated heterocycles. The van der Waals surface area contributed by atoms with Crippen molar-refractivity contribution >= 4 is 29.1 Å². The zero-order valence-electron chi connectivity index (χ0n) is 23.9. The number of amidine groups is 1. The third kappa shape index (κ3) is 7.21. The monoisotopic (exact) mass is 610 g/mol. The number of benzene rings is 2. The van der Waals surface area contributed by atoms with Crippen LogP contribution in [0.25, 0.3) is 0 Å². The number of rotatable bonds is 11. The Labute approximate surface area is 251 Å². The molecule has 2 aromatic carbocycles. The fourth-order valence-corrected chi connectivity index (χ4v) is 4.75. The summed E-state index contributed by atoms with van der Waals surface area (Å²) in [5.41, 5.74) is 11.0. The molecule has 2 unspecified atom stereocenters. The molecule has 2 atom stereocenters. The van der Waals surface area contributed by atoms with Crippen LogP contribution in [0.15, 0.2) is 48.5 Å². The quantitative estimate of drug-likeness (QED) is 0.105. The molecular weight excluding hydrogens is 578 g/mol. The first kappa shape index (κ1) is 31.7. The van der Waals surface area contributed by atoms with E-state index in [1.165, 1.54) is 48.4 Å². The predicted molar refractivity (Wildman–Crippen MR) is 159 cm³/mol. The molecule has 8 N–H and O–H groups in total. The summed E-state index contributed by atoms with van der Waals surface area (Å²) in [7, 11) is 1.49. The maximum Gasteiger partial charge on any atom is 0.261 e. The second-order valence-electron chi connectivity index (χ2n) is 9.76. The first-order valence-corrected chi connectivity index (χ1v) is 13.5. The highest BCUT2D eigenvalue weighted by atomic mass is 19.1. The van der Waals surface area contributed by atoms with Crippen LogP contribution in [0, 0.1) is 22.5 Å². The van der Waals surface area contributed by atoms with Crippen LogP contribution >= 0.6 is 0 Å². The zero-order chi connectivity index (χ0) is 32.0. The van der Waals surface area contributed by atoms with Crippen LogP contribution in [0.3, 0.4) is 0 Å². The maximum atomic E-state index is 16.2. The number of phenols is 1. The van der Waals surface area contributed by atoms with E-state index in [0.717, 1.165) is 0 Å². The van der Waals surface area contributed by atoms with Crippen molar-refractivity contribution in [2.75, 3.05) is 30.4 Å². The van der Waals surface area contributed by atoms with Gasteiger partial charge >= 0.3 is 0 Å². The Morgan fingerprint density at radius 2 is 1.93 bits per heavy atom. The topological polar surface area (TPSA) is 196 Å². The molecular formula is C29H32F2N8O5. The summed E-state index contributed by atoms with van der Waals surface area (Å²) in [5, 5.41) is 29.7. The van der Waals surface area contributed by atoms with Gasteiger partial charge in [-0.05, 0) is 50.1 Å². The van der Waals surface area contributed by atoms with E-state index in [9.17, 15) is 9.90 Å². The van der Waals surface area contributed by atoms with Crippen molar-refractivity contribution in [3.8, 4) is 29.0 Å². The first-order chi connectivity index (χ1) is 21.0. The Morgan fingerprint density at radius 3 is 2.59 bits per heavy atom. The summed E-state index contributed by atoms with van der Waals surface area (Å²) in [6.07, 6.45) is 2.00. The molecule has 3 aromatic rings. The molecule has 13 nitrogen and oxygen atoms in total. The van der Waals surface area contributed by atoms with E-state index in [-0.39, 0.29) is 35.3 Å². The van der Waals surface area contributed by atoms with Crippen LogP contribution < -0.4 is 31.2 Å². The number of nitrogens with zero attached hydrogens (tertiary/aromatic N) is 3. The minimum Gasteiger partial charge on any atom is -0.504 e. The molecule has 2 heterocycles. The molecule has 0 spiro atoms. The lowest BCUT2D eigenvalue weighted by Gasteiger charge is -2.40. The Morgan fingerprint density at radius 1 is 1.20 bits per heavy atom. The van der Waals surface area contributed by atoms with Gasteiger partial charge in [-0.3, -0.25) is 15.7 Å². The van der Waals surface area contributed by atoms with E-state index in [1.54, 1.807) is 30.1 Å². The second kappa shape index (κ2) is 13.8. The minimum absolute atomic E-state index is 0.0800. The average Bonchev–Trinajstić information content (AvgIpc) is 2.97. The first-order valence-electron chi connectivity index (χ1n) is 13.5. The number of ether oxygens (including phenoxy) is 2. The maximum absolute atomic E-state index is 16.2. The molecule has 1 aliphatic heterocycles. The lowest BCUT2D eigenvalue weighted by molar-refractivity contribution is -0.185. The van der Waals surface area contributed by atoms with Crippen LogP contribution in [0.1, 0.15) is 25.3 Å². The molecule has 0 bridgehead atoms. The van der Waals surface area contributed by atoms with Gasteiger partial charge in [-0.2, -0.15) is 18.8 Å². The fourth-order valence-electron chi connectivity index (χ4n) is 4.75. The van der Waals surface area contributed by atoms with Gasteiger partial charge in [-0.1, -0.05) is 6.07 Å². The van der Waals surface area contributed by atoms with Crippen LogP contribution in [-0.2, 0) is 9.63 Å². The lowest BCUT2D eigenvalue weighted by Crippen LogP contribution is -2.48. The summed E-state index contributed by atoms with van der Waals surface area (Å²) in [6.45, 7) is 2.55. The molecule has 1 fully saturated rings. The van der Waals surface area contributed by atoms with Gasteiger partial charge in [0.2, 0.25) is 11.6 Å². The zero-order valence-corrected chi connectivity index (χ0v) is 23.9. The number of nitrogens with one attached hydrogen (secondary N) is 3. The molecule has 4 rings (SSSR count). The number of halogens is 2. The Balaban J connectivity index is 1.78. The molecule has 1 aromatic heterocycles. The van der Waals surface area contributed by atoms with E-state index in [1.807, 2.05) is 0 Å². The number of anilines is 2. The molecule has 232 valence electrons. The van der Waals surface area contributed by atoms with Crippen molar-refractivity contribution in [1.29, 1.82) is 10.8 Å². The van der Waals surface area contributed by atoms with Gasteiger partial charge in [0.1, 0.15) is 23.2 Å². The van der Waals surface area contributed by atoms with Crippen LogP contribution in [0.5, 0.6) is 29.0 Å². The van der Waals surface area contributed by atoms with Gasteiger partial charge in [-0.15, -0.1) is 0 Å². The van der Waals surface area contributed by atoms with Crippen molar-refractivity contribution in [2.24, 2.45) is 11.5 Å². The number of hydrogen-bond donors (Lipinski definition) is 6. The molecule has 0 aliphatic carbocycles. The minimum atomic E-state index is -1.19. The summed E-state index contributed by atoms with van der Waals surface area (Å²) < 4.78 is 43.7. The van der Waals surface area contributed by atoms with Gasteiger partial charge in [0.05, 0.1) is 12.6 Å². The number of hydrogen-bond acceptors (Lipinski definition) is 10. The average molecular weight is 611 g/mol. The van der Waals surface area contributed by atoms with Gasteiger partial charge in [0.25, 0.3) is 11.8 Å². The standard InChI is InChI=1S/C29H32F2N8O5/c1-3-42-39-11-9-18(15-19(39)10-12-40)38(2)25-23(30)27(43-20-6-4-5-17(14-20)36-29(34)35)37-28(24(25)31)44-22-13-16(26(32)33)7-8-21(22)41/h4-8,10,13-14,18-19,41H,3,9,11,15H2,1-2H3,(H3,32,33)(H4,34,35,36). The number of phenolic OH excluding ortho intramolecular Hbond substituents is 1. The summed E-state index contributed by atoms with van der Waals surface area (Å²) in [5.74, 6) is -3.22. The van der Waals surface area contributed by atoms with E-state index >= 15 is 8.78 Å². The smallest absolute Gasteiger partial charge is 0.261 e. The van der Waals surface area contributed by atoms with Gasteiger partial charge in [-0.25, -0.2) is 4.79 Å². The third-order valence-corrected chi connectivity index (χ3v) is 6.82. The Bertz CT molecular complexity index is 1600.